The van der Waals surface area contributed by atoms with Gasteiger partial charge in [-0.1, -0.05) is 50.2 Å². The lowest BCUT2D eigenvalue weighted by atomic mass is 9.94. The predicted molar refractivity (Wildman–Crippen MR) is 150 cm³/mol. The van der Waals surface area contributed by atoms with Crippen LogP contribution < -0.4 is 18.9 Å². The average Bonchev–Trinajstić information content (AvgIpc) is 3.22. The molecule has 1 N–H and O–H groups in total. The third kappa shape index (κ3) is 5.47. The molecule has 0 saturated carbocycles. The van der Waals surface area contributed by atoms with Crippen molar-refractivity contribution in [3.63, 3.8) is 0 Å². The Labute approximate surface area is 233 Å². The molecule has 3 aromatic carbocycles. The second-order valence-electron chi connectivity index (χ2n) is 10.2. The van der Waals surface area contributed by atoms with E-state index < -0.39 is 17.7 Å². The lowest BCUT2D eigenvalue weighted by Crippen LogP contribution is -2.29. The lowest BCUT2D eigenvalue weighted by molar-refractivity contribution is -0.140. The van der Waals surface area contributed by atoms with Crippen LogP contribution >= 0.6 is 0 Å². The fourth-order valence-electron chi connectivity index (χ4n) is 4.89. The van der Waals surface area contributed by atoms with Gasteiger partial charge in [-0.3, -0.25) is 9.59 Å². The summed E-state index contributed by atoms with van der Waals surface area (Å²) in [7, 11) is 1.55. The van der Waals surface area contributed by atoms with Gasteiger partial charge in [0.2, 0.25) is 0 Å². The van der Waals surface area contributed by atoms with Gasteiger partial charge in [0.25, 0.3) is 11.7 Å². The molecule has 2 heterocycles. The van der Waals surface area contributed by atoms with Crippen LogP contribution in [-0.4, -0.2) is 48.6 Å². The van der Waals surface area contributed by atoms with Gasteiger partial charge >= 0.3 is 0 Å². The molecule has 2 aliphatic rings. The van der Waals surface area contributed by atoms with Crippen molar-refractivity contribution in [2.45, 2.75) is 32.9 Å². The first-order chi connectivity index (χ1) is 19.4. The molecule has 208 valence electrons. The molecular weight excluding hydrogens is 510 g/mol. The Kier molecular flexibility index (Phi) is 7.96. The summed E-state index contributed by atoms with van der Waals surface area (Å²) in [6.07, 6.45) is 0.887. The predicted octanol–water partition coefficient (Wildman–Crippen LogP) is 5.51. The Balaban J connectivity index is 1.59. The van der Waals surface area contributed by atoms with E-state index in [2.05, 4.69) is 13.8 Å². The summed E-state index contributed by atoms with van der Waals surface area (Å²) in [5.41, 5.74) is 1.82. The normalized spacial score (nSPS) is 17.8. The van der Waals surface area contributed by atoms with Crippen LogP contribution in [0.15, 0.2) is 72.3 Å². The first kappa shape index (κ1) is 27.1. The van der Waals surface area contributed by atoms with Gasteiger partial charge in [-0.05, 0) is 53.8 Å². The van der Waals surface area contributed by atoms with Gasteiger partial charge in [0, 0.05) is 12.1 Å². The number of carbonyl (C=O) groups excluding carboxylic acids is 2. The van der Waals surface area contributed by atoms with Gasteiger partial charge < -0.3 is 29.0 Å². The SMILES string of the molecule is COc1cc([C@@H]2C(=C(O)c3ccc4c(c3)OCCO4)C(=O)C(=O)N2Cc2ccccc2)ccc1OCCC(C)C. The van der Waals surface area contributed by atoms with Crippen LogP contribution in [0.3, 0.4) is 0 Å². The second kappa shape index (κ2) is 11.7. The van der Waals surface area contributed by atoms with Crippen molar-refractivity contribution in [1.82, 2.24) is 4.90 Å². The topological polar surface area (TPSA) is 94.5 Å². The quantitative estimate of drug-likeness (QED) is 0.216. The highest BCUT2D eigenvalue weighted by Gasteiger charge is 2.46. The van der Waals surface area contributed by atoms with Gasteiger partial charge in [0.15, 0.2) is 23.0 Å². The Bertz CT molecular complexity index is 1430. The van der Waals surface area contributed by atoms with Gasteiger partial charge in [-0.2, -0.15) is 0 Å². The molecule has 1 saturated heterocycles. The van der Waals surface area contributed by atoms with E-state index in [1.165, 1.54) is 4.90 Å². The first-order valence-corrected chi connectivity index (χ1v) is 13.4. The molecule has 3 aromatic rings. The number of methoxy groups -OCH3 is 1. The average molecular weight is 544 g/mol. The molecule has 40 heavy (non-hydrogen) atoms. The molecule has 5 rings (SSSR count). The summed E-state index contributed by atoms with van der Waals surface area (Å²) >= 11 is 0. The van der Waals surface area contributed by atoms with Crippen LogP contribution in [-0.2, 0) is 16.1 Å². The Hall–Kier alpha value is -4.46. The number of likely N-dealkylation sites (tertiary alicyclic amines) is 1. The number of ketones is 1. The highest BCUT2D eigenvalue weighted by molar-refractivity contribution is 6.46. The molecule has 1 amide bonds. The van der Waals surface area contributed by atoms with Gasteiger partial charge in [0.1, 0.15) is 19.0 Å². The molecule has 0 bridgehead atoms. The maximum absolute atomic E-state index is 13.5. The van der Waals surface area contributed by atoms with Crippen molar-refractivity contribution in [3.8, 4) is 23.0 Å². The zero-order chi connectivity index (χ0) is 28.2. The summed E-state index contributed by atoms with van der Waals surface area (Å²) in [6, 6.07) is 18.9. The van der Waals surface area contributed by atoms with Crippen LogP contribution in [0.2, 0.25) is 0 Å². The maximum atomic E-state index is 13.5. The number of carbonyl (C=O) groups is 2. The number of hydrogen-bond donors (Lipinski definition) is 1. The fourth-order valence-corrected chi connectivity index (χ4v) is 4.89. The van der Waals surface area contributed by atoms with Crippen LogP contribution in [0.5, 0.6) is 23.0 Å². The smallest absolute Gasteiger partial charge is 0.295 e. The largest absolute Gasteiger partial charge is 0.507 e. The van der Waals surface area contributed by atoms with Crippen LogP contribution in [0.4, 0.5) is 0 Å². The van der Waals surface area contributed by atoms with E-state index in [0.29, 0.717) is 59.9 Å². The molecule has 8 nitrogen and oxygen atoms in total. The van der Waals surface area contributed by atoms with Gasteiger partial charge in [-0.25, -0.2) is 0 Å². The van der Waals surface area contributed by atoms with Crippen LogP contribution in [0.1, 0.15) is 43.0 Å². The van der Waals surface area contributed by atoms with Crippen LogP contribution in [0, 0.1) is 5.92 Å². The van der Waals surface area contributed by atoms with E-state index in [-0.39, 0.29) is 17.9 Å². The molecule has 2 aliphatic heterocycles. The number of aliphatic hydroxyl groups is 1. The van der Waals surface area contributed by atoms with Crippen molar-refractivity contribution in [3.05, 3.63) is 89.0 Å². The monoisotopic (exact) mass is 543 g/mol. The molecule has 1 atom stereocenters. The standard InChI is InChI=1S/C32H33NO7/c1-20(2)13-14-38-24-11-9-22(17-26(24)37-3)29-28(30(34)23-10-12-25-27(18-23)40-16-15-39-25)31(35)32(36)33(29)19-21-7-5-4-6-8-21/h4-12,17-18,20,29,34H,13-16,19H2,1-3H3/t29-/m1/s1. The summed E-state index contributed by atoms with van der Waals surface area (Å²) in [4.78, 5) is 28.4. The molecule has 8 heteroatoms. The molecule has 0 unspecified atom stereocenters. The molecule has 0 aliphatic carbocycles. The van der Waals surface area contributed by atoms with Crippen molar-refractivity contribution in [1.29, 1.82) is 0 Å². The van der Waals surface area contributed by atoms with Crippen molar-refractivity contribution in [2.24, 2.45) is 5.92 Å². The van der Waals surface area contributed by atoms with E-state index >= 15 is 0 Å². The number of aliphatic hydroxyl groups excluding tert-OH is 1. The third-order valence-electron chi connectivity index (χ3n) is 7.01. The number of rotatable bonds is 9. The first-order valence-electron chi connectivity index (χ1n) is 13.4. The number of hydrogen-bond acceptors (Lipinski definition) is 7. The summed E-state index contributed by atoms with van der Waals surface area (Å²) in [5.74, 6) is 0.825. The minimum atomic E-state index is -0.855. The summed E-state index contributed by atoms with van der Waals surface area (Å²) < 4.78 is 22.9. The lowest BCUT2D eigenvalue weighted by Gasteiger charge is -2.26. The number of amides is 1. The highest BCUT2D eigenvalue weighted by Crippen LogP contribution is 2.43. The molecule has 0 aromatic heterocycles. The number of benzene rings is 3. The highest BCUT2D eigenvalue weighted by atomic mass is 16.6. The Morgan fingerprint density at radius 1 is 0.975 bits per heavy atom. The minimum Gasteiger partial charge on any atom is -0.507 e. The van der Waals surface area contributed by atoms with E-state index in [1.807, 2.05) is 30.3 Å². The van der Waals surface area contributed by atoms with Crippen molar-refractivity contribution >= 4 is 17.4 Å². The zero-order valence-electron chi connectivity index (χ0n) is 22.9. The van der Waals surface area contributed by atoms with Crippen LogP contribution in [0.25, 0.3) is 5.76 Å². The van der Waals surface area contributed by atoms with Crippen molar-refractivity contribution < 1.29 is 33.6 Å². The summed E-state index contributed by atoms with van der Waals surface area (Å²) in [5, 5.41) is 11.5. The van der Waals surface area contributed by atoms with E-state index in [9.17, 15) is 14.7 Å². The third-order valence-corrected chi connectivity index (χ3v) is 7.01. The molecule has 0 spiro atoms. The van der Waals surface area contributed by atoms with Crippen molar-refractivity contribution in [2.75, 3.05) is 26.9 Å². The van der Waals surface area contributed by atoms with E-state index in [1.54, 1.807) is 43.5 Å². The van der Waals surface area contributed by atoms with Gasteiger partial charge in [0.05, 0.1) is 25.3 Å². The Morgan fingerprint density at radius 3 is 2.45 bits per heavy atom. The Morgan fingerprint density at radius 2 is 1.73 bits per heavy atom. The minimum absolute atomic E-state index is 0.00635. The summed E-state index contributed by atoms with van der Waals surface area (Å²) in [6.45, 7) is 5.78. The van der Waals surface area contributed by atoms with Gasteiger partial charge in [-0.15, -0.1) is 0 Å². The molecule has 0 radical (unpaired) electrons. The fraction of sp³-hybridized carbons (Fsp3) is 0.312. The zero-order valence-corrected chi connectivity index (χ0v) is 22.9. The maximum Gasteiger partial charge on any atom is 0.295 e. The number of fused-ring (bicyclic) bond motifs is 1. The number of nitrogens with zero attached hydrogens (tertiary/aromatic N) is 1. The second-order valence-corrected chi connectivity index (χ2v) is 10.2. The number of Topliss-reactive ketones (excluding diaryl/α,β-unsaturated/α-hetero) is 1. The van der Waals surface area contributed by atoms with E-state index in [4.69, 9.17) is 18.9 Å². The molecule has 1 fully saturated rings. The molecular formula is C32H33NO7. The number of ether oxygens (including phenoxy) is 4. The van der Waals surface area contributed by atoms with E-state index in [0.717, 1.165) is 12.0 Å².